The molecule has 300 valence electrons. The van der Waals surface area contributed by atoms with Crippen molar-refractivity contribution in [2.45, 2.75) is 77.5 Å². The van der Waals surface area contributed by atoms with Crippen molar-refractivity contribution in [1.29, 1.82) is 0 Å². The molecule has 0 bridgehead atoms. The van der Waals surface area contributed by atoms with Crippen LogP contribution in [-0.4, -0.2) is 93.1 Å². The number of alkyl carbamates (subject to hydrolysis) is 2. The van der Waals surface area contributed by atoms with Crippen molar-refractivity contribution in [3.63, 3.8) is 0 Å². The summed E-state index contributed by atoms with van der Waals surface area (Å²) >= 11 is 0. The highest BCUT2D eigenvalue weighted by molar-refractivity contribution is 6.01. The summed E-state index contributed by atoms with van der Waals surface area (Å²) in [6, 6.07) is 12.3. The molecule has 57 heavy (non-hydrogen) atoms. The third-order valence-corrected chi connectivity index (χ3v) is 11.1. The Morgan fingerprint density at radius 2 is 1.19 bits per heavy atom. The van der Waals surface area contributed by atoms with E-state index in [9.17, 15) is 19.2 Å². The Morgan fingerprint density at radius 1 is 0.702 bits per heavy atom. The largest absolute Gasteiger partial charge is 0.464 e. The first-order valence-corrected chi connectivity index (χ1v) is 19.5. The predicted octanol–water partition coefficient (Wildman–Crippen LogP) is 6.97. The van der Waals surface area contributed by atoms with Crippen LogP contribution in [0, 0.1) is 11.8 Å². The number of carbonyl (C=O) groups is 4. The van der Waals surface area contributed by atoms with Gasteiger partial charge in [0.05, 0.1) is 56.3 Å². The number of fused-ring (bicyclic) bond motifs is 1. The number of aromatic amines is 2. The molecule has 3 aromatic heterocycles. The number of hydrogen-bond acceptors (Lipinski definition) is 9. The van der Waals surface area contributed by atoms with Gasteiger partial charge in [0.1, 0.15) is 29.3 Å². The van der Waals surface area contributed by atoms with E-state index >= 15 is 0 Å². The molecule has 4 amide bonds. The summed E-state index contributed by atoms with van der Waals surface area (Å²) in [4.78, 5) is 71.1. The average Bonchev–Trinajstić information content (AvgIpc) is 4.07. The maximum Gasteiger partial charge on any atom is 0.407 e. The molecule has 15 nitrogen and oxygen atoms in total. The third kappa shape index (κ3) is 7.83. The summed E-state index contributed by atoms with van der Waals surface area (Å²) in [7, 11) is 2.57. The van der Waals surface area contributed by atoms with E-state index in [2.05, 4.69) is 25.6 Å². The van der Waals surface area contributed by atoms with Crippen LogP contribution in [0.4, 0.5) is 9.59 Å². The molecule has 0 saturated carbocycles. The van der Waals surface area contributed by atoms with E-state index in [-0.39, 0.29) is 35.7 Å². The van der Waals surface area contributed by atoms with Gasteiger partial charge >= 0.3 is 12.2 Å². The zero-order chi connectivity index (χ0) is 40.4. The van der Waals surface area contributed by atoms with Crippen molar-refractivity contribution in [2.24, 2.45) is 11.8 Å². The second-order valence-electron chi connectivity index (χ2n) is 15.4. The number of nitrogens with zero attached hydrogens (tertiary/aromatic N) is 4. The Bertz CT molecular complexity index is 2240. The summed E-state index contributed by atoms with van der Waals surface area (Å²) in [6.07, 6.45) is 7.18. The van der Waals surface area contributed by atoms with E-state index in [1.807, 2.05) is 70.2 Å². The lowest BCUT2D eigenvalue weighted by molar-refractivity contribution is -0.136. The van der Waals surface area contributed by atoms with Gasteiger partial charge in [0, 0.05) is 29.6 Å². The van der Waals surface area contributed by atoms with Gasteiger partial charge in [0.15, 0.2) is 0 Å². The minimum atomic E-state index is -0.710. The number of amides is 4. The van der Waals surface area contributed by atoms with Gasteiger partial charge in [0.2, 0.25) is 11.8 Å². The average molecular weight is 779 g/mol. The van der Waals surface area contributed by atoms with Crippen LogP contribution in [0.25, 0.3) is 44.6 Å². The summed E-state index contributed by atoms with van der Waals surface area (Å²) in [5.41, 5.74) is 6.15. The number of H-pyrrole nitrogens is 2. The Balaban J connectivity index is 1.07. The maximum atomic E-state index is 13.6. The van der Waals surface area contributed by atoms with Gasteiger partial charge < -0.3 is 44.3 Å². The summed E-state index contributed by atoms with van der Waals surface area (Å²) < 4.78 is 15.6. The van der Waals surface area contributed by atoms with E-state index < -0.39 is 24.3 Å². The summed E-state index contributed by atoms with van der Waals surface area (Å²) in [6.45, 7) is 8.74. The Labute approximate surface area is 330 Å². The lowest BCUT2D eigenvalue weighted by atomic mass is 9.98. The topological polar surface area (TPSA) is 188 Å². The third-order valence-electron chi connectivity index (χ3n) is 11.1. The maximum absolute atomic E-state index is 13.6. The molecule has 2 fully saturated rings. The van der Waals surface area contributed by atoms with Crippen molar-refractivity contribution in [1.82, 2.24) is 40.4 Å². The number of likely N-dealkylation sites (tertiary alicyclic amines) is 2. The quantitative estimate of drug-likeness (QED) is 0.110. The smallest absolute Gasteiger partial charge is 0.407 e. The molecule has 0 aliphatic carbocycles. The number of aromatic nitrogens is 4. The first-order chi connectivity index (χ1) is 27.5. The predicted molar refractivity (Wildman–Crippen MR) is 213 cm³/mol. The Morgan fingerprint density at radius 3 is 1.72 bits per heavy atom. The number of benzene rings is 2. The lowest BCUT2D eigenvalue weighted by Crippen LogP contribution is -2.51. The first-order valence-electron chi connectivity index (χ1n) is 19.5. The SMILES string of the molecule is COC(=O)NC(C(=O)N1CCCC1c1ncc(-c2ccc(-c3ccc(-c4cnc(C5CCCN5C(=O)C(NC(=O)OC)C(C)C)[nH]4)c4ccoc34)cc2)[nH]1)C(C)C. The first kappa shape index (κ1) is 39.1. The molecule has 5 heterocycles. The monoisotopic (exact) mass is 778 g/mol. The van der Waals surface area contributed by atoms with Gasteiger partial charge in [-0.3, -0.25) is 9.59 Å². The molecular weight excluding hydrogens is 729 g/mol. The van der Waals surface area contributed by atoms with Crippen molar-refractivity contribution < 1.29 is 33.1 Å². The standard InChI is InChI=1S/C42H50N8O7/c1-23(2)34(47-41(53)55-5)39(51)49-18-7-9-32(49)37-43-21-30(45-37)26-13-11-25(12-14-26)27-15-16-28(29-17-20-57-36(27)29)31-22-44-38(46-31)33-10-8-19-50(33)40(52)35(24(3)4)48-42(54)56-6/h11-17,20-24,32-35H,7-10,18-19H2,1-6H3,(H,43,45)(H,44,46)(H,47,53)(H,48,54). The van der Waals surface area contributed by atoms with Crippen molar-refractivity contribution in [3.8, 4) is 33.6 Å². The Hall–Kier alpha value is -6.12. The fourth-order valence-corrected chi connectivity index (χ4v) is 8.03. The van der Waals surface area contributed by atoms with Gasteiger partial charge in [-0.2, -0.15) is 0 Å². The number of furan rings is 1. The molecule has 2 aromatic carbocycles. The second kappa shape index (κ2) is 16.5. The number of methoxy groups -OCH3 is 2. The zero-order valence-corrected chi connectivity index (χ0v) is 33.1. The molecule has 4 N–H and O–H groups in total. The number of ether oxygens (including phenoxy) is 2. The van der Waals surface area contributed by atoms with Crippen molar-refractivity contribution in [3.05, 3.63) is 72.8 Å². The number of hydrogen-bond donors (Lipinski definition) is 4. The number of rotatable bonds is 11. The highest BCUT2D eigenvalue weighted by Gasteiger charge is 2.39. The normalized spacial score (nSPS) is 18.0. The highest BCUT2D eigenvalue weighted by Crippen LogP contribution is 2.39. The molecule has 4 atom stereocenters. The molecule has 5 aromatic rings. The Kier molecular flexibility index (Phi) is 11.4. The van der Waals surface area contributed by atoms with Crippen LogP contribution in [0.3, 0.4) is 0 Å². The zero-order valence-electron chi connectivity index (χ0n) is 33.1. The van der Waals surface area contributed by atoms with E-state index in [1.165, 1.54) is 14.2 Å². The molecular formula is C42H50N8O7. The van der Waals surface area contributed by atoms with Gasteiger partial charge in [-0.15, -0.1) is 0 Å². The van der Waals surface area contributed by atoms with Crippen molar-refractivity contribution >= 4 is 35.0 Å². The fraction of sp³-hybridized carbons (Fsp3) is 0.429. The van der Waals surface area contributed by atoms with E-state index in [0.717, 1.165) is 70.3 Å². The lowest BCUT2D eigenvalue weighted by Gasteiger charge is -2.30. The van der Waals surface area contributed by atoms with Crippen LogP contribution in [-0.2, 0) is 19.1 Å². The molecule has 15 heteroatoms. The summed E-state index contributed by atoms with van der Waals surface area (Å²) in [5.74, 6) is 0.851. The van der Waals surface area contributed by atoms with Gasteiger partial charge in [-0.25, -0.2) is 19.6 Å². The van der Waals surface area contributed by atoms with Gasteiger partial charge in [-0.1, -0.05) is 58.0 Å². The molecule has 2 saturated heterocycles. The fourth-order valence-electron chi connectivity index (χ4n) is 8.03. The molecule has 4 unspecified atom stereocenters. The van der Waals surface area contributed by atoms with Crippen molar-refractivity contribution in [2.75, 3.05) is 27.3 Å². The van der Waals surface area contributed by atoms with E-state index in [1.54, 1.807) is 28.5 Å². The molecule has 0 spiro atoms. The van der Waals surface area contributed by atoms with Gasteiger partial charge in [-0.05, 0) is 60.8 Å². The second-order valence-corrected chi connectivity index (χ2v) is 15.4. The molecule has 0 radical (unpaired) electrons. The minimum absolute atomic E-state index is 0.116. The minimum Gasteiger partial charge on any atom is -0.464 e. The van der Waals surface area contributed by atoms with E-state index in [4.69, 9.17) is 18.9 Å². The van der Waals surface area contributed by atoms with Crippen LogP contribution in [0.2, 0.25) is 0 Å². The van der Waals surface area contributed by atoms with Crippen LogP contribution in [0.5, 0.6) is 0 Å². The van der Waals surface area contributed by atoms with Crippen LogP contribution < -0.4 is 10.6 Å². The molecule has 2 aliphatic heterocycles. The van der Waals surface area contributed by atoms with Crippen LogP contribution in [0.1, 0.15) is 77.1 Å². The molecule has 7 rings (SSSR count). The summed E-state index contributed by atoms with van der Waals surface area (Å²) in [5, 5.41) is 6.31. The highest BCUT2D eigenvalue weighted by atomic mass is 16.5. The van der Waals surface area contributed by atoms with E-state index in [0.29, 0.717) is 24.7 Å². The number of carbonyl (C=O) groups excluding carboxylic acids is 4. The van der Waals surface area contributed by atoms with Gasteiger partial charge in [0.25, 0.3) is 0 Å². The van der Waals surface area contributed by atoms with Crippen LogP contribution >= 0.6 is 0 Å². The number of imidazole rings is 2. The van der Waals surface area contributed by atoms with Crippen LogP contribution in [0.15, 0.2) is 65.5 Å². The number of nitrogens with one attached hydrogen (secondary N) is 4. The molecule has 2 aliphatic rings.